The Kier molecular flexibility index (Phi) is 3.52. The van der Waals surface area contributed by atoms with Crippen LogP contribution in [0, 0.1) is 11.2 Å². The zero-order valence-electron chi connectivity index (χ0n) is 10.2. The number of hydrogen-bond acceptors (Lipinski definition) is 3. The fraction of sp³-hybridized carbons (Fsp3) is 0.462. The number of carbonyl (C=O) groups is 1. The molecule has 0 bridgehead atoms. The van der Waals surface area contributed by atoms with Gasteiger partial charge in [0.25, 0.3) is 0 Å². The summed E-state index contributed by atoms with van der Waals surface area (Å²) in [4.78, 5) is 11.0. The van der Waals surface area contributed by atoms with Gasteiger partial charge in [-0.1, -0.05) is 0 Å². The Labute approximate surface area is 105 Å². The molecule has 1 fully saturated rings. The third kappa shape index (κ3) is 2.61. The molecule has 0 aliphatic heterocycles. The van der Waals surface area contributed by atoms with Gasteiger partial charge in [0.05, 0.1) is 12.5 Å². The maximum Gasteiger partial charge on any atom is 0.310 e. The summed E-state index contributed by atoms with van der Waals surface area (Å²) in [6.07, 6.45) is 1.41. The van der Waals surface area contributed by atoms with Crippen molar-refractivity contribution in [2.75, 3.05) is 13.7 Å². The van der Waals surface area contributed by atoms with Gasteiger partial charge in [-0.15, -0.1) is 0 Å². The zero-order chi connectivity index (χ0) is 13.2. The predicted molar refractivity (Wildman–Crippen MR) is 64.0 cm³/mol. The summed E-state index contributed by atoms with van der Waals surface area (Å²) in [5.41, 5.74) is 0.0827. The Morgan fingerprint density at radius 3 is 2.83 bits per heavy atom. The van der Waals surface area contributed by atoms with Crippen molar-refractivity contribution < 1.29 is 19.0 Å². The maximum absolute atomic E-state index is 13.1. The van der Waals surface area contributed by atoms with Crippen LogP contribution in [0.2, 0.25) is 0 Å². The summed E-state index contributed by atoms with van der Waals surface area (Å²) in [5.74, 6) is -0.489. The van der Waals surface area contributed by atoms with Gasteiger partial charge in [-0.25, -0.2) is 4.39 Å². The zero-order valence-corrected chi connectivity index (χ0v) is 10.2. The molecular weight excluding hydrogens is 237 g/mol. The summed E-state index contributed by atoms with van der Waals surface area (Å²) < 4.78 is 18.2. The summed E-state index contributed by atoms with van der Waals surface area (Å²) in [7, 11) is 1.52. The van der Waals surface area contributed by atoms with E-state index in [1.807, 2.05) is 0 Å². The molecule has 5 heteroatoms. The highest BCUT2D eigenvalue weighted by Gasteiger charge is 2.49. The van der Waals surface area contributed by atoms with Crippen LogP contribution in [0.4, 0.5) is 4.39 Å². The third-order valence-electron chi connectivity index (χ3n) is 3.33. The molecule has 2 N–H and O–H groups in total. The number of aliphatic carboxylic acids is 1. The van der Waals surface area contributed by atoms with Gasteiger partial charge in [0.15, 0.2) is 0 Å². The molecule has 0 atom stereocenters. The topological polar surface area (TPSA) is 58.6 Å². The van der Waals surface area contributed by atoms with Crippen LogP contribution < -0.4 is 10.1 Å². The number of rotatable bonds is 6. The molecule has 0 unspecified atom stereocenters. The largest absolute Gasteiger partial charge is 0.496 e. The van der Waals surface area contributed by atoms with Gasteiger partial charge in [0.1, 0.15) is 11.6 Å². The van der Waals surface area contributed by atoms with Crippen LogP contribution in [0.1, 0.15) is 18.4 Å². The smallest absolute Gasteiger partial charge is 0.310 e. The van der Waals surface area contributed by atoms with Crippen molar-refractivity contribution in [3.8, 4) is 5.75 Å². The van der Waals surface area contributed by atoms with Gasteiger partial charge in [0, 0.05) is 18.7 Å². The first-order valence-corrected chi connectivity index (χ1v) is 5.84. The molecule has 0 amide bonds. The van der Waals surface area contributed by atoms with Crippen molar-refractivity contribution >= 4 is 5.97 Å². The Hall–Kier alpha value is -1.62. The van der Waals surface area contributed by atoms with Gasteiger partial charge in [-0.05, 0) is 31.0 Å². The summed E-state index contributed by atoms with van der Waals surface area (Å²) in [6, 6.07) is 4.30. The highest BCUT2D eigenvalue weighted by Crippen LogP contribution is 2.45. The van der Waals surface area contributed by atoms with Crippen LogP contribution >= 0.6 is 0 Å². The van der Waals surface area contributed by atoms with Crippen LogP contribution in [0.5, 0.6) is 5.75 Å². The molecular formula is C13H16FNO3. The lowest BCUT2D eigenvalue weighted by molar-refractivity contribution is -0.143. The van der Waals surface area contributed by atoms with E-state index in [2.05, 4.69) is 5.32 Å². The number of carboxylic acid groups (broad SMARTS) is 1. The van der Waals surface area contributed by atoms with E-state index in [9.17, 15) is 9.18 Å². The Morgan fingerprint density at radius 2 is 2.28 bits per heavy atom. The van der Waals surface area contributed by atoms with E-state index < -0.39 is 11.4 Å². The molecule has 0 saturated heterocycles. The molecule has 2 rings (SSSR count). The fourth-order valence-corrected chi connectivity index (χ4v) is 1.94. The lowest BCUT2D eigenvalue weighted by Crippen LogP contribution is -2.29. The number of ether oxygens (including phenoxy) is 1. The Balaban J connectivity index is 1.94. The highest BCUT2D eigenvalue weighted by molar-refractivity contribution is 5.78. The lowest BCUT2D eigenvalue weighted by atomic mass is 10.1. The second-order valence-corrected chi connectivity index (χ2v) is 4.65. The van der Waals surface area contributed by atoms with Gasteiger partial charge in [-0.2, -0.15) is 0 Å². The molecule has 0 heterocycles. The van der Waals surface area contributed by atoms with E-state index in [1.54, 1.807) is 6.07 Å². The van der Waals surface area contributed by atoms with Crippen LogP contribution in [-0.2, 0) is 11.3 Å². The SMILES string of the molecule is COc1ccc(F)cc1CNCC1(C(=O)O)CC1. The van der Waals surface area contributed by atoms with Gasteiger partial charge < -0.3 is 15.2 Å². The van der Waals surface area contributed by atoms with Crippen molar-refractivity contribution in [1.29, 1.82) is 0 Å². The molecule has 1 saturated carbocycles. The average molecular weight is 253 g/mol. The van der Waals surface area contributed by atoms with Crippen molar-refractivity contribution in [3.05, 3.63) is 29.6 Å². The summed E-state index contributed by atoms with van der Waals surface area (Å²) in [5, 5.41) is 12.1. The molecule has 0 radical (unpaired) electrons. The molecule has 1 aliphatic carbocycles. The van der Waals surface area contributed by atoms with E-state index in [1.165, 1.54) is 19.2 Å². The van der Waals surface area contributed by atoms with Crippen molar-refractivity contribution in [1.82, 2.24) is 5.32 Å². The summed E-state index contributed by atoms with van der Waals surface area (Å²) in [6.45, 7) is 0.804. The first-order chi connectivity index (χ1) is 8.57. The minimum Gasteiger partial charge on any atom is -0.496 e. The molecule has 1 aliphatic rings. The third-order valence-corrected chi connectivity index (χ3v) is 3.33. The first kappa shape index (κ1) is 12.8. The van der Waals surface area contributed by atoms with Crippen LogP contribution in [0.3, 0.4) is 0 Å². The van der Waals surface area contributed by atoms with E-state index in [4.69, 9.17) is 9.84 Å². The minimum atomic E-state index is -0.763. The lowest BCUT2D eigenvalue weighted by Gasteiger charge is -2.13. The van der Waals surface area contributed by atoms with Crippen LogP contribution in [-0.4, -0.2) is 24.7 Å². The molecule has 98 valence electrons. The second-order valence-electron chi connectivity index (χ2n) is 4.65. The van der Waals surface area contributed by atoms with Gasteiger partial charge >= 0.3 is 5.97 Å². The van der Waals surface area contributed by atoms with Crippen molar-refractivity contribution in [2.24, 2.45) is 5.41 Å². The molecule has 0 aromatic heterocycles. The first-order valence-electron chi connectivity index (χ1n) is 5.84. The normalized spacial score (nSPS) is 16.3. The van der Waals surface area contributed by atoms with Gasteiger partial charge in [-0.3, -0.25) is 4.79 Å². The number of benzene rings is 1. The van der Waals surface area contributed by atoms with E-state index >= 15 is 0 Å². The van der Waals surface area contributed by atoms with Crippen molar-refractivity contribution in [3.63, 3.8) is 0 Å². The standard InChI is InChI=1S/C13H16FNO3/c1-18-11-3-2-10(14)6-9(11)7-15-8-13(4-5-13)12(16)17/h2-3,6,15H,4-5,7-8H2,1H3,(H,16,17). The second kappa shape index (κ2) is 4.94. The predicted octanol–water partition coefficient (Wildman–Crippen LogP) is 1.79. The fourth-order valence-electron chi connectivity index (χ4n) is 1.94. The van der Waals surface area contributed by atoms with E-state index in [-0.39, 0.29) is 5.82 Å². The van der Waals surface area contributed by atoms with E-state index in [0.29, 0.717) is 37.2 Å². The number of halogens is 1. The van der Waals surface area contributed by atoms with Crippen LogP contribution in [0.25, 0.3) is 0 Å². The molecule has 4 nitrogen and oxygen atoms in total. The number of nitrogens with one attached hydrogen (secondary N) is 1. The number of hydrogen-bond donors (Lipinski definition) is 2. The summed E-state index contributed by atoms with van der Waals surface area (Å²) >= 11 is 0. The highest BCUT2D eigenvalue weighted by atomic mass is 19.1. The average Bonchev–Trinajstić information content (AvgIpc) is 3.10. The van der Waals surface area contributed by atoms with Gasteiger partial charge in [0.2, 0.25) is 0 Å². The van der Waals surface area contributed by atoms with E-state index in [0.717, 1.165) is 0 Å². The number of carboxylic acids is 1. The Morgan fingerprint density at radius 1 is 1.56 bits per heavy atom. The molecule has 1 aromatic rings. The van der Waals surface area contributed by atoms with Crippen molar-refractivity contribution in [2.45, 2.75) is 19.4 Å². The quantitative estimate of drug-likeness (QED) is 0.811. The maximum atomic E-state index is 13.1. The Bertz CT molecular complexity index is 458. The number of methoxy groups -OCH3 is 1. The molecule has 1 aromatic carbocycles. The molecule has 0 spiro atoms. The minimum absolute atomic E-state index is 0.327. The van der Waals surface area contributed by atoms with Crippen LogP contribution in [0.15, 0.2) is 18.2 Å². The molecule has 18 heavy (non-hydrogen) atoms. The monoisotopic (exact) mass is 253 g/mol.